The van der Waals surface area contributed by atoms with Gasteiger partial charge in [-0.1, -0.05) is 13.8 Å². The summed E-state index contributed by atoms with van der Waals surface area (Å²) >= 11 is 0. The summed E-state index contributed by atoms with van der Waals surface area (Å²) in [6.07, 6.45) is -4.65. The number of carboxylic acids is 1. The van der Waals surface area contributed by atoms with Crippen LogP contribution in [0.15, 0.2) is 18.2 Å². The Kier molecular flexibility index (Phi) is 5.31. The van der Waals surface area contributed by atoms with Crippen molar-refractivity contribution in [1.82, 2.24) is 5.32 Å². The Morgan fingerprint density at radius 1 is 1.29 bits per heavy atom. The zero-order chi connectivity index (χ0) is 16.2. The molecule has 0 saturated heterocycles. The van der Waals surface area contributed by atoms with Gasteiger partial charge >= 0.3 is 12.1 Å². The van der Waals surface area contributed by atoms with Crippen molar-refractivity contribution in [3.05, 3.63) is 29.3 Å². The molecular weight excluding hydrogens is 289 g/mol. The molecule has 1 aromatic carbocycles. The molecule has 0 spiro atoms. The quantitative estimate of drug-likeness (QED) is 0.780. The molecule has 1 rings (SSSR count). The fourth-order valence-electron chi connectivity index (χ4n) is 1.50. The number of amides is 1. The molecule has 8 heteroatoms. The molecule has 0 fully saturated rings. The molecule has 0 aliphatic heterocycles. The highest BCUT2D eigenvalue weighted by molar-refractivity contribution is 6.01. The normalized spacial score (nSPS) is 11.5. The summed E-state index contributed by atoms with van der Waals surface area (Å²) in [5, 5.41) is 14.0. The van der Waals surface area contributed by atoms with Crippen LogP contribution in [0.4, 0.5) is 18.9 Å². The van der Waals surface area contributed by atoms with Gasteiger partial charge in [-0.2, -0.15) is 13.2 Å². The van der Waals surface area contributed by atoms with Crippen LogP contribution in [0.2, 0.25) is 0 Å². The Bertz CT molecular complexity index is 542. The van der Waals surface area contributed by atoms with Crippen LogP contribution in [0, 0.1) is 0 Å². The van der Waals surface area contributed by atoms with Crippen molar-refractivity contribution in [2.75, 3.05) is 11.9 Å². The molecule has 0 saturated carbocycles. The van der Waals surface area contributed by atoms with E-state index in [-0.39, 0.29) is 18.3 Å². The number of carbonyl (C=O) groups is 2. The molecule has 0 radical (unpaired) electrons. The minimum Gasteiger partial charge on any atom is -0.478 e. The number of rotatable bonds is 5. The van der Waals surface area contributed by atoms with Gasteiger partial charge in [-0.3, -0.25) is 4.79 Å². The van der Waals surface area contributed by atoms with Gasteiger partial charge in [-0.05, 0) is 18.2 Å². The molecule has 1 amide bonds. The van der Waals surface area contributed by atoms with E-state index in [1.807, 2.05) is 13.8 Å². The lowest BCUT2D eigenvalue weighted by Gasteiger charge is -2.13. The van der Waals surface area contributed by atoms with E-state index in [9.17, 15) is 22.8 Å². The van der Waals surface area contributed by atoms with Crippen LogP contribution < -0.4 is 10.6 Å². The van der Waals surface area contributed by atoms with Gasteiger partial charge in [0.05, 0.1) is 23.4 Å². The molecule has 0 unspecified atom stereocenters. The lowest BCUT2D eigenvalue weighted by Crippen LogP contribution is -2.33. The van der Waals surface area contributed by atoms with Crippen LogP contribution >= 0.6 is 0 Å². The summed E-state index contributed by atoms with van der Waals surface area (Å²) in [4.78, 5) is 22.6. The number of aromatic carboxylic acids is 1. The number of carboxylic acid groups (broad SMARTS) is 1. The predicted octanol–water partition coefficient (Wildman–Crippen LogP) is 2.34. The molecule has 0 atom stereocenters. The summed E-state index contributed by atoms with van der Waals surface area (Å²) < 4.78 is 37.6. The monoisotopic (exact) mass is 304 g/mol. The van der Waals surface area contributed by atoms with Crippen molar-refractivity contribution in [2.45, 2.75) is 26.1 Å². The standard InChI is InChI=1S/C13H15F3N2O3/c1-7(2)17-6-11(19)18-10-4-3-8(13(14,15)16)5-9(10)12(20)21/h3-5,7,17H,6H2,1-2H3,(H,18,19)(H,20,21). The summed E-state index contributed by atoms with van der Waals surface area (Å²) in [6, 6.07) is 2.19. The maximum absolute atomic E-state index is 12.5. The van der Waals surface area contributed by atoms with E-state index in [1.165, 1.54) is 0 Å². The number of halogens is 3. The fourth-order valence-corrected chi connectivity index (χ4v) is 1.50. The second-order valence-corrected chi connectivity index (χ2v) is 4.65. The first-order valence-corrected chi connectivity index (χ1v) is 6.09. The van der Waals surface area contributed by atoms with Crippen LogP contribution in [0.3, 0.4) is 0 Å². The summed E-state index contributed by atoms with van der Waals surface area (Å²) in [6.45, 7) is 3.56. The second kappa shape index (κ2) is 6.57. The van der Waals surface area contributed by atoms with Gasteiger partial charge < -0.3 is 15.7 Å². The third-order valence-electron chi connectivity index (χ3n) is 2.52. The van der Waals surface area contributed by atoms with Crippen LogP contribution in [0.25, 0.3) is 0 Å². The second-order valence-electron chi connectivity index (χ2n) is 4.65. The highest BCUT2D eigenvalue weighted by Gasteiger charge is 2.32. The first-order chi connectivity index (χ1) is 9.61. The van der Waals surface area contributed by atoms with Crippen molar-refractivity contribution in [3.63, 3.8) is 0 Å². The molecule has 0 aliphatic carbocycles. The van der Waals surface area contributed by atoms with Crippen molar-refractivity contribution < 1.29 is 27.9 Å². The van der Waals surface area contributed by atoms with E-state index in [4.69, 9.17) is 5.11 Å². The molecule has 0 aromatic heterocycles. The predicted molar refractivity (Wildman–Crippen MR) is 70.2 cm³/mol. The van der Waals surface area contributed by atoms with E-state index in [0.29, 0.717) is 6.07 Å². The van der Waals surface area contributed by atoms with Gasteiger partial charge in [-0.15, -0.1) is 0 Å². The molecular formula is C13H15F3N2O3. The van der Waals surface area contributed by atoms with Crippen molar-refractivity contribution in [3.8, 4) is 0 Å². The lowest BCUT2D eigenvalue weighted by molar-refractivity contribution is -0.137. The number of anilines is 1. The first-order valence-electron chi connectivity index (χ1n) is 6.09. The summed E-state index contributed by atoms with van der Waals surface area (Å²) in [5.74, 6) is -2.08. The Labute approximate surface area is 119 Å². The number of benzene rings is 1. The molecule has 0 aliphatic rings. The van der Waals surface area contributed by atoms with E-state index in [0.717, 1.165) is 12.1 Å². The van der Waals surface area contributed by atoms with E-state index in [2.05, 4.69) is 10.6 Å². The van der Waals surface area contributed by atoms with E-state index < -0.39 is 29.2 Å². The number of alkyl halides is 3. The van der Waals surface area contributed by atoms with E-state index >= 15 is 0 Å². The van der Waals surface area contributed by atoms with Gasteiger partial charge in [0.15, 0.2) is 0 Å². The Hall–Kier alpha value is -2.09. The van der Waals surface area contributed by atoms with Gasteiger partial charge in [0.1, 0.15) is 0 Å². The zero-order valence-corrected chi connectivity index (χ0v) is 11.4. The largest absolute Gasteiger partial charge is 0.478 e. The zero-order valence-electron chi connectivity index (χ0n) is 11.4. The number of hydrogen-bond acceptors (Lipinski definition) is 3. The number of nitrogens with one attached hydrogen (secondary N) is 2. The number of carbonyl (C=O) groups excluding carboxylic acids is 1. The van der Waals surface area contributed by atoms with Gasteiger partial charge in [-0.25, -0.2) is 4.79 Å². The van der Waals surface area contributed by atoms with Gasteiger partial charge in [0.25, 0.3) is 0 Å². The maximum atomic E-state index is 12.5. The molecule has 0 bridgehead atoms. The fraction of sp³-hybridized carbons (Fsp3) is 0.385. The van der Waals surface area contributed by atoms with E-state index in [1.54, 1.807) is 0 Å². The van der Waals surface area contributed by atoms with Crippen molar-refractivity contribution in [2.24, 2.45) is 0 Å². The van der Waals surface area contributed by atoms with Crippen LogP contribution in [0.1, 0.15) is 29.8 Å². The topological polar surface area (TPSA) is 78.4 Å². The van der Waals surface area contributed by atoms with Crippen molar-refractivity contribution in [1.29, 1.82) is 0 Å². The lowest BCUT2D eigenvalue weighted by atomic mass is 10.1. The van der Waals surface area contributed by atoms with Gasteiger partial charge in [0.2, 0.25) is 5.91 Å². The average molecular weight is 304 g/mol. The third-order valence-corrected chi connectivity index (χ3v) is 2.52. The molecule has 21 heavy (non-hydrogen) atoms. The highest BCUT2D eigenvalue weighted by atomic mass is 19.4. The minimum atomic E-state index is -4.65. The molecule has 5 nitrogen and oxygen atoms in total. The summed E-state index contributed by atoms with van der Waals surface area (Å²) in [7, 11) is 0. The average Bonchev–Trinajstić information content (AvgIpc) is 2.35. The maximum Gasteiger partial charge on any atom is 0.416 e. The minimum absolute atomic E-state index is 0.0438. The van der Waals surface area contributed by atoms with Crippen molar-refractivity contribution >= 4 is 17.6 Å². The number of hydrogen-bond donors (Lipinski definition) is 3. The Morgan fingerprint density at radius 3 is 2.38 bits per heavy atom. The first kappa shape index (κ1) is 17.0. The summed E-state index contributed by atoms with van der Waals surface area (Å²) in [5.41, 5.74) is -1.87. The van der Waals surface area contributed by atoms with Crippen LogP contribution in [-0.2, 0) is 11.0 Å². The molecule has 116 valence electrons. The molecule has 0 heterocycles. The van der Waals surface area contributed by atoms with Crippen LogP contribution in [0.5, 0.6) is 0 Å². The SMILES string of the molecule is CC(C)NCC(=O)Nc1ccc(C(F)(F)F)cc1C(=O)O. The molecule has 3 N–H and O–H groups in total. The van der Waals surface area contributed by atoms with Gasteiger partial charge in [0, 0.05) is 6.04 Å². The Morgan fingerprint density at radius 2 is 1.90 bits per heavy atom. The Balaban J connectivity index is 2.97. The highest BCUT2D eigenvalue weighted by Crippen LogP contribution is 2.31. The molecule has 1 aromatic rings. The third kappa shape index (κ3) is 5.07. The smallest absolute Gasteiger partial charge is 0.416 e. The van der Waals surface area contributed by atoms with Crippen LogP contribution in [-0.4, -0.2) is 29.6 Å².